The molecule has 0 amide bonds. The maximum absolute atomic E-state index is 4.60. The fraction of sp³-hybridized carbons (Fsp3) is 0.0588. The Labute approximate surface area is 113 Å². The first-order valence-corrected chi connectivity index (χ1v) is 6.19. The van der Waals surface area contributed by atoms with Crippen LogP contribution in [-0.2, 0) is 0 Å². The van der Waals surface area contributed by atoms with Gasteiger partial charge in [-0.15, -0.1) is 0 Å². The molecule has 1 aromatic heterocycles. The fourth-order valence-corrected chi connectivity index (χ4v) is 1.75. The first-order valence-electron chi connectivity index (χ1n) is 6.19. The largest absolute Gasteiger partial charge is 0.237 e. The Hall–Kier alpha value is -2.48. The van der Waals surface area contributed by atoms with E-state index in [0.29, 0.717) is 0 Å². The SMILES string of the molecule is C=C/C=C\C(=C/C)c1ccnc(-c2ccccc2)n1. The van der Waals surface area contributed by atoms with Crippen molar-refractivity contribution in [3.8, 4) is 11.4 Å². The second-order valence-corrected chi connectivity index (χ2v) is 3.97. The van der Waals surface area contributed by atoms with E-state index >= 15 is 0 Å². The van der Waals surface area contributed by atoms with Crippen molar-refractivity contribution in [2.75, 3.05) is 0 Å². The van der Waals surface area contributed by atoms with Crippen LogP contribution in [0.15, 0.2) is 73.5 Å². The van der Waals surface area contributed by atoms with Crippen LogP contribution in [0.1, 0.15) is 12.6 Å². The molecule has 0 fully saturated rings. The van der Waals surface area contributed by atoms with Gasteiger partial charge in [-0.3, -0.25) is 0 Å². The molecule has 0 bridgehead atoms. The summed E-state index contributed by atoms with van der Waals surface area (Å²) in [7, 11) is 0. The summed E-state index contributed by atoms with van der Waals surface area (Å²) in [6, 6.07) is 11.9. The minimum Gasteiger partial charge on any atom is -0.237 e. The van der Waals surface area contributed by atoms with Gasteiger partial charge in [-0.25, -0.2) is 9.97 Å². The first kappa shape index (κ1) is 13.0. The molecule has 0 unspecified atom stereocenters. The fourth-order valence-electron chi connectivity index (χ4n) is 1.75. The summed E-state index contributed by atoms with van der Waals surface area (Å²) >= 11 is 0. The number of benzene rings is 1. The van der Waals surface area contributed by atoms with E-state index < -0.39 is 0 Å². The van der Waals surface area contributed by atoms with Gasteiger partial charge in [0.05, 0.1) is 5.69 Å². The van der Waals surface area contributed by atoms with Crippen LogP contribution in [0, 0.1) is 0 Å². The van der Waals surface area contributed by atoms with Gasteiger partial charge in [-0.05, 0) is 18.6 Å². The van der Waals surface area contributed by atoms with E-state index in [1.54, 1.807) is 12.3 Å². The summed E-state index contributed by atoms with van der Waals surface area (Å²) in [6.07, 6.45) is 9.46. The molecule has 0 radical (unpaired) electrons. The molecule has 2 heteroatoms. The van der Waals surface area contributed by atoms with E-state index in [1.165, 1.54) is 0 Å². The zero-order valence-electron chi connectivity index (χ0n) is 11.0. The molecule has 94 valence electrons. The number of hydrogen-bond donors (Lipinski definition) is 0. The van der Waals surface area contributed by atoms with Crippen molar-refractivity contribution in [3.05, 3.63) is 79.2 Å². The van der Waals surface area contributed by atoms with Crippen molar-refractivity contribution in [2.45, 2.75) is 6.92 Å². The summed E-state index contributed by atoms with van der Waals surface area (Å²) in [6.45, 7) is 5.67. The molecule has 2 nitrogen and oxygen atoms in total. The average molecular weight is 248 g/mol. The normalized spacial score (nSPS) is 11.7. The molecule has 0 atom stereocenters. The van der Waals surface area contributed by atoms with Crippen LogP contribution in [0.4, 0.5) is 0 Å². The Balaban J connectivity index is 2.39. The highest BCUT2D eigenvalue weighted by Gasteiger charge is 2.03. The Morgan fingerprint density at radius 1 is 1.16 bits per heavy atom. The Bertz CT molecular complexity index is 610. The molecule has 19 heavy (non-hydrogen) atoms. The predicted octanol–water partition coefficient (Wildman–Crippen LogP) is 4.29. The quantitative estimate of drug-likeness (QED) is 0.754. The number of aromatic nitrogens is 2. The zero-order chi connectivity index (χ0) is 13.5. The van der Waals surface area contributed by atoms with Crippen LogP contribution in [0.5, 0.6) is 0 Å². The summed E-state index contributed by atoms with van der Waals surface area (Å²) < 4.78 is 0. The van der Waals surface area contributed by atoms with Crippen LogP contribution in [0.25, 0.3) is 17.0 Å². The lowest BCUT2D eigenvalue weighted by atomic mass is 10.1. The van der Waals surface area contributed by atoms with Gasteiger partial charge in [0, 0.05) is 11.8 Å². The summed E-state index contributed by atoms with van der Waals surface area (Å²) in [5.41, 5.74) is 2.99. The molecular formula is C17H16N2. The van der Waals surface area contributed by atoms with Gasteiger partial charge in [-0.1, -0.05) is 61.2 Å². The van der Waals surface area contributed by atoms with Crippen molar-refractivity contribution in [3.63, 3.8) is 0 Å². The van der Waals surface area contributed by atoms with E-state index in [1.807, 2.05) is 61.5 Å². The third-order valence-corrected chi connectivity index (χ3v) is 2.71. The second-order valence-electron chi connectivity index (χ2n) is 3.97. The van der Waals surface area contributed by atoms with Crippen molar-refractivity contribution in [1.29, 1.82) is 0 Å². The Kier molecular flexibility index (Phi) is 4.40. The number of nitrogens with zero attached hydrogens (tertiary/aromatic N) is 2. The van der Waals surface area contributed by atoms with Gasteiger partial charge >= 0.3 is 0 Å². The van der Waals surface area contributed by atoms with Crippen molar-refractivity contribution in [2.24, 2.45) is 0 Å². The third-order valence-electron chi connectivity index (χ3n) is 2.71. The van der Waals surface area contributed by atoms with Crippen molar-refractivity contribution in [1.82, 2.24) is 9.97 Å². The van der Waals surface area contributed by atoms with Crippen LogP contribution in [0.2, 0.25) is 0 Å². The maximum atomic E-state index is 4.60. The molecule has 0 aliphatic carbocycles. The molecule has 0 aliphatic rings. The summed E-state index contributed by atoms with van der Waals surface area (Å²) in [5, 5.41) is 0. The lowest BCUT2D eigenvalue weighted by molar-refractivity contribution is 1.15. The molecule has 2 aromatic rings. The molecule has 0 spiro atoms. The highest BCUT2D eigenvalue weighted by molar-refractivity contribution is 5.72. The first-order chi connectivity index (χ1) is 9.35. The third kappa shape index (κ3) is 3.26. The van der Waals surface area contributed by atoms with Crippen LogP contribution < -0.4 is 0 Å². The van der Waals surface area contributed by atoms with Gasteiger partial charge < -0.3 is 0 Å². The number of allylic oxidation sites excluding steroid dienone is 5. The van der Waals surface area contributed by atoms with Gasteiger partial charge in [0.25, 0.3) is 0 Å². The molecule has 2 rings (SSSR count). The van der Waals surface area contributed by atoms with Crippen molar-refractivity contribution < 1.29 is 0 Å². The van der Waals surface area contributed by atoms with Gasteiger partial charge in [0.15, 0.2) is 5.82 Å². The molecule has 0 N–H and O–H groups in total. The number of rotatable bonds is 4. The lowest BCUT2D eigenvalue weighted by Gasteiger charge is -2.04. The topological polar surface area (TPSA) is 25.8 Å². The van der Waals surface area contributed by atoms with E-state index in [0.717, 1.165) is 22.7 Å². The lowest BCUT2D eigenvalue weighted by Crippen LogP contribution is -1.93. The molecule has 1 aromatic carbocycles. The molecular weight excluding hydrogens is 232 g/mol. The van der Waals surface area contributed by atoms with Gasteiger partial charge in [-0.2, -0.15) is 0 Å². The van der Waals surface area contributed by atoms with Crippen LogP contribution in [0.3, 0.4) is 0 Å². The van der Waals surface area contributed by atoms with Gasteiger partial charge in [0.2, 0.25) is 0 Å². The van der Waals surface area contributed by atoms with E-state index in [2.05, 4.69) is 16.5 Å². The monoisotopic (exact) mass is 248 g/mol. The second kappa shape index (κ2) is 6.45. The van der Waals surface area contributed by atoms with E-state index in [-0.39, 0.29) is 0 Å². The van der Waals surface area contributed by atoms with Gasteiger partial charge in [0.1, 0.15) is 0 Å². The van der Waals surface area contributed by atoms with Crippen LogP contribution in [-0.4, -0.2) is 9.97 Å². The predicted molar refractivity (Wildman–Crippen MR) is 80.5 cm³/mol. The van der Waals surface area contributed by atoms with E-state index in [9.17, 15) is 0 Å². The standard InChI is InChI=1S/C17H16N2/c1-3-5-9-14(4-2)16-12-13-18-17(19-16)15-10-7-6-8-11-15/h3-13H,1H2,2H3/b9-5-,14-4+. The highest BCUT2D eigenvalue weighted by atomic mass is 14.9. The molecule has 0 aliphatic heterocycles. The molecule has 1 heterocycles. The van der Waals surface area contributed by atoms with Crippen molar-refractivity contribution >= 4 is 5.57 Å². The average Bonchev–Trinajstić information content (AvgIpc) is 2.49. The maximum Gasteiger partial charge on any atom is 0.159 e. The minimum absolute atomic E-state index is 0.740. The minimum atomic E-state index is 0.740. The Morgan fingerprint density at radius 2 is 1.95 bits per heavy atom. The van der Waals surface area contributed by atoms with E-state index in [4.69, 9.17) is 0 Å². The highest BCUT2D eigenvalue weighted by Crippen LogP contribution is 2.18. The zero-order valence-corrected chi connectivity index (χ0v) is 11.0. The Morgan fingerprint density at radius 3 is 2.63 bits per heavy atom. The summed E-state index contributed by atoms with van der Waals surface area (Å²) in [5.74, 6) is 0.740. The molecule has 0 saturated heterocycles. The smallest absolute Gasteiger partial charge is 0.159 e. The summed E-state index contributed by atoms with van der Waals surface area (Å²) in [4.78, 5) is 8.93. The molecule has 0 saturated carbocycles. The number of hydrogen-bond acceptors (Lipinski definition) is 2. The van der Waals surface area contributed by atoms with Crippen LogP contribution >= 0.6 is 0 Å².